The number of ether oxygens (including phenoxy) is 1. The largest absolute Gasteiger partial charge is 0.497 e. The van der Waals surface area contributed by atoms with Crippen LogP contribution in [0.3, 0.4) is 0 Å². The van der Waals surface area contributed by atoms with Gasteiger partial charge >= 0.3 is 0 Å². The van der Waals surface area contributed by atoms with Crippen LogP contribution in [0, 0.1) is 5.92 Å². The number of carbonyl (C=O) groups excluding carboxylic acids is 1. The number of hydrogen-bond acceptors (Lipinski definition) is 5. The van der Waals surface area contributed by atoms with Crippen molar-refractivity contribution in [2.24, 2.45) is 5.92 Å². The number of hydrogen-bond donors (Lipinski definition) is 1. The molecule has 0 saturated carbocycles. The first-order valence-corrected chi connectivity index (χ1v) is 9.84. The molecule has 142 valence electrons. The third-order valence-electron chi connectivity index (χ3n) is 4.51. The highest BCUT2D eigenvalue weighted by atomic mass is 35.5. The smallest absolute Gasteiger partial charge is 0.226 e. The summed E-state index contributed by atoms with van der Waals surface area (Å²) in [5.41, 5.74) is 0. The maximum atomic E-state index is 12.6. The number of amides is 1. The van der Waals surface area contributed by atoms with Gasteiger partial charge in [0.1, 0.15) is 5.75 Å². The Morgan fingerprint density at radius 2 is 1.84 bits per heavy atom. The Bertz CT molecular complexity index is 658. The van der Waals surface area contributed by atoms with Crippen LogP contribution >= 0.6 is 12.4 Å². The summed E-state index contributed by atoms with van der Waals surface area (Å²) in [7, 11) is -0.208. The van der Waals surface area contributed by atoms with Gasteiger partial charge in [-0.3, -0.25) is 4.79 Å². The second kappa shape index (κ2) is 9.40. The molecule has 2 rings (SSSR count). The van der Waals surface area contributed by atoms with Crippen molar-refractivity contribution in [2.75, 3.05) is 33.0 Å². The number of rotatable bonds is 6. The minimum atomic E-state index is -3.51. The van der Waals surface area contributed by atoms with Crippen LogP contribution in [0.4, 0.5) is 0 Å². The molecule has 25 heavy (non-hydrogen) atoms. The highest BCUT2D eigenvalue weighted by Crippen LogP contribution is 2.20. The first kappa shape index (κ1) is 21.7. The number of nitrogens with one attached hydrogen (secondary N) is 1. The lowest BCUT2D eigenvalue weighted by atomic mass is 10.0. The quantitative estimate of drug-likeness (QED) is 0.800. The standard InChI is InChI=1S/C17H26N2O4S.ClH/c1-13(17(20)19(2)14-8-10-18-11-9-14)12-24(21,22)16-6-4-15(23-3)5-7-16;/h4-7,13-14,18H,8-12H2,1-3H3;1H. The van der Waals surface area contributed by atoms with Gasteiger partial charge in [-0.1, -0.05) is 6.92 Å². The Hall–Kier alpha value is -1.31. The topological polar surface area (TPSA) is 75.7 Å². The average Bonchev–Trinajstić information content (AvgIpc) is 2.60. The Balaban J connectivity index is 0.00000312. The third kappa shape index (κ3) is 5.59. The van der Waals surface area contributed by atoms with Crippen LogP contribution in [0.25, 0.3) is 0 Å². The lowest BCUT2D eigenvalue weighted by molar-refractivity contribution is -0.135. The van der Waals surface area contributed by atoms with E-state index in [1.165, 1.54) is 19.2 Å². The van der Waals surface area contributed by atoms with E-state index in [-0.39, 0.29) is 35.0 Å². The zero-order chi connectivity index (χ0) is 17.7. The molecule has 8 heteroatoms. The van der Waals surface area contributed by atoms with Gasteiger partial charge in [0.2, 0.25) is 5.91 Å². The van der Waals surface area contributed by atoms with Crippen molar-refractivity contribution in [1.82, 2.24) is 10.2 Å². The van der Waals surface area contributed by atoms with E-state index in [1.54, 1.807) is 31.0 Å². The molecule has 0 radical (unpaired) electrons. The molecule has 0 spiro atoms. The molecule has 6 nitrogen and oxygen atoms in total. The van der Waals surface area contributed by atoms with E-state index in [2.05, 4.69) is 5.32 Å². The zero-order valence-electron chi connectivity index (χ0n) is 14.9. The van der Waals surface area contributed by atoms with Gasteiger partial charge in [0.05, 0.1) is 17.8 Å². The fraction of sp³-hybridized carbons (Fsp3) is 0.588. The SMILES string of the molecule is COc1ccc(S(=O)(=O)CC(C)C(=O)N(C)C2CCNCC2)cc1.Cl. The van der Waals surface area contributed by atoms with Gasteiger partial charge in [0.25, 0.3) is 0 Å². The van der Waals surface area contributed by atoms with Crippen LogP contribution in [0.2, 0.25) is 0 Å². The van der Waals surface area contributed by atoms with E-state index in [4.69, 9.17) is 4.74 Å². The van der Waals surface area contributed by atoms with Crippen molar-refractivity contribution in [2.45, 2.75) is 30.7 Å². The third-order valence-corrected chi connectivity index (χ3v) is 6.44. The Morgan fingerprint density at radius 3 is 2.36 bits per heavy atom. The summed E-state index contributed by atoms with van der Waals surface area (Å²) in [5, 5.41) is 3.26. The van der Waals surface area contributed by atoms with Gasteiger partial charge in [-0.2, -0.15) is 0 Å². The van der Waals surface area contributed by atoms with E-state index in [0.717, 1.165) is 25.9 Å². The van der Waals surface area contributed by atoms with Crippen LogP contribution in [0.5, 0.6) is 5.75 Å². The molecule has 1 N–H and O–H groups in total. The number of piperidine rings is 1. The number of sulfone groups is 1. The van der Waals surface area contributed by atoms with Gasteiger partial charge < -0.3 is 15.0 Å². The second-order valence-corrected chi connectivity index (χ2v) is 8.32. The molecule has 0 aliphatic carbocycles. The fourth-order valence-electron chi connectivity index (χ4n) is 3.00. The summed E-state index contributed by atoms with van der Waals surface area (Å²) in [6, 6.07) is 6.44. The van der Waals surface area contributed by atoms with Gasteiger partial charge in [0, 0.05) is 19.0 Å². The van der Waals surface area contributed by atoms with E-state index in [9.17, 15) is 13.2 Å². The first-order chi connectivity index (χ1) is 11.3. The van der Waals surface area contributed by atoms with Crippen molar-refractivity contribution in [3.8, 4) is 5.75 Å². The number of carbonyl (C=O) groups is 1. The van der Waals surface area contributed by atoms with Gasteiger partial charge in [-0.25, -0.2) is 8.42 Å². The minimum absolute atomic E-state index is 0. The molecule has 1 atom stereocenters. The lowest BCUT2D eigenvalue weighted by Gasteiger charge is -2.33. The van der Waals surface area contributed by atoms with Crippen molar-refractivity contribution in [3.05, 3.63) is 24.3 Å². The summed E-state index contributed by atoms with van der Waals surface area (Å²) in [6.07, 6.45) is 1.81. The van der Waals surface area contributed by atoms with Crippen molar-refractivity contribution >= 4 is 28.2 Å². The maximum Gasteiger partial charge on any atom is 0.226 e. The lowest BCUT2D eigenvalue weighted by Crippen LogP contribution is -2.46. The number of benzene rings is 1. The monoisotopic (exact) mass is 390 g/mol. The summed E-state index contributed by atoms with van der Waals surface area (Å²) in [6.45, 7) is 3.46. The summed E-state index contributed by atoms with van der Waals surface area (Å²) in [4.78, 5) is 14.5. The van der Waals surface area contributed by atoms with Crippen LogP contribution < -0.4 is 10.1 Å². The molecule has 0 bridgehead atoms. The molecule has 1 saturated heterocycles. The summed E-state index contributed by atoms with van der Waals surface area (Å²) < 4.78 is 30.1. The average molecular weight is 391 g/mol. The van der Waals surface area contributed by atoms with E-state index in [0.29, 0.717) is 5.75 Å². The summed E-state index contributed by atoms with van der Waals surface area (Å²) in [5.74, 6) is -0.271. The van der Waals surface area contributed by atoms with Crippen LogP contribution in [0.15, 0.2) is 29.2 Å². The molecule has 1 amide bonds. The van der Waals surface area contributed by atoms with Crippen molar-refractivity contribution in [3.63, 3.8) is 0 Å². The zero-order valence-corrected chi connectivity index (χ0v) is 16.5. The van der Waals surface area contributed by atoms with Crippen LogP contribution in [-0.4, -0.2) is 58.3 Å². The normalized spacial score (nSPS) is 16.6. The number of nitrogens with zero attached hydrogens (tertiary/aromatic N) is 1. The predicted octanol–water partition coefficient (Wildman–Crippen LogP) is 1.74. The second-order valence-electron chi connectivity index (χ2n) is 6.29. The molecular formula is C17H27ClN2O4S. The van der Waals surface area contributed by atoms with Gasteiger partial charge in [0.15, 0.2) is 9.84 Å². The van der Waals surface area contributed by atoms with Gasteiger partial charge in [-0.15, -0.1) is 12.4 Å². The van der Waals surface area contributed by atoms with Crippen molar-refractivity contribution in [1.29, 1.82) is 0 Å². The Labute approximate surface area is 156 Å². The molecule has 1 aliphatic heterocycles. The Kier molecular flexibility index (Phi) is 8.18. The van der Waals surface area contributed by atoms with Crippen LogP contribution in [0.1, 0.15) is 19.8 Å². The fourth-order valence-corrected chi connectivity index (χ4v) is 4.55. The minimum Gasteiger partial charge on any atom is -0.497 e. The predicted molar refractivity (Wildman–Crippen MR) is 100 cm³/mol. The molecule has 1 heterocycles. The van der Waals surface area contributed by atoms with Gasteiger partial charge in [-0.05, 0) is 50.2 Å². The number of methoxy groups -OCH3 is 1. The molecule has 1 unspecified atom stereocenters. The Morgan fingerprint density at radius 1 is 1.28 bits per heavy atom. The van der Waals surface area contributed by atoms with Crippen LogP contribution in [-0.2, 0) is 14.6 Å². The van der Waals surface area contributed by atoms with Crippen molar-refractivity contribution < 1.29 is 17.9 Å². The molecule has 1 aliphatic rings. The first-order valence-electron chi connectivity index (χ1n) is 8.19. The highest BCUT2D eigenvalue weighted by Gasteiger charge is 2.29. The number of halogens is 1. The molecule has 1 aromatic rings. The van der Waals surface area contributed by atoms with E-state index >= 15 is 0 Å². The summed E-state index contributed by atoms with van der Waals surface area (Å²) >= 11 is 0. The maximum absolute atomic E-state index is 12.6. The van der Waals surface area contributed by atoms with E-state index in [1.807, 2.05) is 0 Å². The molecule has 0 aromatic heterocycles. The van der Waals surface area contributed by atoms with E-state index < -0.39 is 15.8 Å². The molecule has 1 aromatic carbocycles. The molecule has 1 fully saturated rings. The molecular weight excluding hydrogens is 364 g/mol. The highest BCUT2D eigenvalue weighted by molar-refractivity contribution is 7.91.